The van der Waals surface area contributed by atoms with E-state index in [-0.39, 0.29) is 5.91 Å². The van der Waals surface area contributed by atoms with Gasteiger partial charge < -0.3 is 10.1 Å². The molecule has 0 heterocycles. The molecule has 0 aromatic heterocycles. The van der Waals surface area contributed by atoms with Gasteiger partial charge in [-0.05, 0) is 37.7 Å². The lowest BCUT2D eigenvalue weighted by Crippen LogP contribution is -2.33. The third-order valence-corrected chi connectivity index (χ3v) is 3.32. The maximum absolute atomic E-state index is 12.0. The first-order valence-corrected chi connectivity index (χ1v) is 7.37. The van der Waals surface area contributed by atoms with Crippen molar-refractivity contribution in [3.63, 3.8) is 0 Å². The monoisotopic (exact) mass is 298 g/mol. The van der Waals surface area contributed by atoms with Gasteiger partial charge in [-0.2, -0.15) is 0 Å². The lowest BCUT2D eigenvalue weighted by Gasteiger charge is -2.17. The standard InChI is InChI=1S/C18H22N2O2/c1-15-8-6-7-11-17(15)19-18(21)14-20(2)12-13-22-16-9-4-3-5-10-16/h3-11H,12-14H2,1-2H3,(H,19,21). The third kappa shape index (κ3) is 5.22. The lowest BCUT2D eigenvalue weighted by atomic mass is 10.2. The number of hydrogen-bond acceptors (Lipinski definition) is 3. The molecule has 2 aromatic carbocycles. The van der Waals surface area contributed by atoms with Crippen molar-refractivity contribution in [1.29, 1.82) is 0 Å². The molecule has 0 saturated heterocycles. The van der Waals surface area contributed by atoms with Crippen LogP contribution < -0.4 is 10.1 Å². The summed E-state index contributed by atoms with van der Waals surface area (Å²) in [5.74, 6) is 0.830. The van der Waals surface area contributed by atoms with Gasteiger partial charge in [0.15, 0.2) is 0 Å². The lowest BCUT2D eigenvalue weighted by molar-refractivity contribution is -0.117. The van der Waals surface area contributed by atoms with Crippen molar-refractivity contribution in [3.8, 4) is 5.75 Å². The molecule has 0 fully saturated rings. The van der Waals surface area contributed by atoms with Gasteiger partial charge in [0.2, 0.25) is 5.91 Å². The molecule has 4 nitrogen and oxygen atoms in total. The SMILES string of the molecule is Cc1ccccc1NC(=O)CN(C)CCOc1ccccc1. The van der Waals surface area contributed by atoms with E-state index in [4.69, 9.17) is 4.74 Å². The predicted molar refractivity (Wildman–Crippen MR) is 89.2 cm³/mol. The smallest absolute Gasteiger partial charge is 0.238 e. The minimum absolute atomic E-state index is 0.0171. The van der Waals surface area contributed by atoms with E-state index >= 15 is 0 Å². The zero-order valence-electron chi connectivity index (χ0n) is 13.1. The number of likely N-dealkylation sites (N-methyl/N-ethyl adjacent to an activating group) is 1. The molecule has 4 heteroatoms. The predicted octanol–water partition coefficient (Wildman–Crippen LogP) is 2.94. The fraction of sp³-hybridized carbons (Fsp3) is 0.278. The van der Waals surface area contributed by atoms with Crippen LogP contribution in [-0.4, -0.2) is 37.6 Å². The number of nitrogens with one attached hydrogen (secondary N) is 1. The molecule has 0 aliphatic rings. The summed E-state index contributed by atoms with van der Waals surface area (Å²) >= 11 is 0. The highest BCUT2D eigenvalue weighted by Crippen LogP contribution is 2.12. The Balaban J connectivity index is 1.71. The second kappa shape index (κ2) is 8.20. The summed E-state index contributed by atoms with van der Waals surface area (Å²) in [5.41, 5.74) is 1.92. The van der Waals surface area contributed by atoms with Crippen LogP contribution in [-0.2, 0) is 4.79 Å². The van der Waals surface area contributed by atoms with Gasteiger partial charge in [-0.1, -0.05) is 36.4 Å². The van der Waals surface area contributed by atoms with Crippen molar-refractivity contribution in [1.82, 2.24) is 4.90 Å². The van der Waals surface area contributed by atoms with Crippen molar-refractivity contribution in [3.05, 3.63) is 60.2 Å². The van der Waals surface area contributed by atoms with Crippen LogP contribution in [0.3, 0.4) is 0 Å². The summed E-state index contributed by atoms with van der Waals surface area (Å²) in [7, 11) is 1.91. The summed E-state index contributed by atoms with van der Waals surface area (Å²) in [6, 6.07) is 17.4. The third-order valence-electron chi connectivity index (χ3n) is 3.32. The minimum atomic E-state index is -0.0171. The summed E-state index contributed by atoms with van der Waals surface area (Å²) in [6.45, 7) is 3.56. The molecule has 1 amide bonds. The van der Waals surface area contributed by atoms with Crippen LogP contribution in [0.2, 0.25) is 0 Å². The fourth-order valence-corrected chi connectivity index (χ4v) is 2.06. The van der Waals surface area contributed by atoms with Gasteiger partial charge in [-0.15, -0.1) is 0 Å². The number of rotatable bonds is 7. The molecule has 0 unspecified atom stereocenters. The number of para-hydroxylation sites is 2. The number of amides is 1. The maximum Gasteiger partial charge on any atom is 0.238 e. The summed E-state index contributed by atoms with van der Waals surface area (Å²) < 4.78 is 5.62. The van der Waals surface area contributed by atoms with Crippen molar-refractivity contribution < 1.29 is 9.53 Å². The van der Waals surface area contributed by atoms with Crippen LogP contribution in [0, 0.1) is 6.92 Å². The molecule has 0 radical (unpaired) electrons. The van der Waals surface area contributed by atoms with Crippen LogP contribution in [0.4, 0.5) is 5.69 Å². The molecule has 0 saturated carbocycles. The zero-order valence-corrected chi connectivity index (χ0v) is 13.1. The number of carbonyl (C=O) groups is 1. The highest BCUT2D eigenvalue weighted by Gasteiger charge is 2.08. The Labute approximate surface area is 131 Å². The molecule has 0 aliphatic heterocycles. The van der Waals surface area contributed by atoms with E-state index in [2.05, 4.69) is 5.32 Å². The van der Waals surface area contributed by atoms with E-state index < -0.39 is 0 Å². The van der Waals surface area contributed by atoms with E-state index in [9.17, 15) is 4.79 Å². The Hall–Kier alpha value is -2.33. The van der Waals surface area contributed by atoms with E-state index in [0.717, 1.165) is 17.0 Å². The maximum atomic E-state index is 12.0. The molecule has 0 atom stereocenters. The Morgan fingerprint density at radius 2 is 1.77 bits per heavy atom. The van der Waals surface area contributed by atoms with Crippen LogP contribution in [0.5, 0.6) is 5.75 Å². The van der Waals surface area contributed by atoms with Crippen LogP contribution in [0.15, 0.2) is 54.6 Å². The van der Waals surface area contributed by atoms with E-state index in [0.29, 0.717) is 19.7 Å². The Kier molecular flexibility index (Phi) is 5.98. The average molecular weight is 298 g/mol. The number of carbonyl (C=O) groups excluding carboxylic acids is 1. The second-order valence-electron chi connectivity index (χ2n) is 5.26. The van der Waals surface area contributed by atoms with Crippen molar-refractivity contribution in [2.75, 3.05) is 32.1 Å². The largest absolute Gasteiger partial charge is 0.492 e. The van der Waals surface area contributed by atoms with Gasteiger partial charge in [-0.25, -0.2) is 0 Å². The first-order chi connectivity index (χ1) is 10.6. The molecule has 0 aliphatic carbocycles. The van der Waals surface area contributed by atoms with E-state index in [1.807, 2.05) is 73.5 Å². The summed E-state index contributed by atoms with van der Waals surface area (Å²) in [6.07, 6.45) is 0. The van der Waals surface area contributed by atoms with Gasteiger partial charge in [0.05, 0.1) is 6.54 Å². The molecule has 2 rings (SSSR count). The summed E-state index contributed by atoms with van der Waals surface area (Å²) in [5, 5.41) is 2.93. The number of ether oxygens (including phenoxy) is 1. The highest BCUT2D eigenvalue weighted by atomic mass is 16.5. The zero-order chi connectivity index (χ0) is 15.8. The van der Waals surface area contributed by atoms with E-state index in [1.54, 1.807) is 0 Å². The van der Waals surface area contributed by atoms with Gasteiger partial charge in [0.1, 0.15) is 12.4 Å². The molecular weight excluding hydrogens is 276 g/mol. The first-order valence-electron chi connectivity index (χ1n) is 7.37. The van der Waals surface area contributed by atoms with Crippen molar-refractivity contribution >= 4 is 11.6 Å². The van der Waals surface area contributed by atoms with Crippen LogP contribution >= 0.6 is 0 Å². The number of anilines is 1. The molecule has 0 spiro atoms. The molecular formula is C18H22N2O2. The minimum Gasteiger partial charge on any atom is -0.492 e. The average Bonchev–Trinajstić information content (AvgIpc) is 2.50. The number of nitrogens with zero attached hydrogens (tertiary/aromatic N) is 1. The van der Waals surface area contributed by atoms with Crippen LogP contribution in [0.1, 0.15) is 5.56 Å². The Morgan fingerprint density at radius 1 is 1.09 bits per heavy atom. The molecule has 116 valence electrons. The molecule has 22 heavy (non-hydrogen) atoms. The van der Waals surface area contributed by atoms with Crippen LogP contribution in [0.25, 0.3) is 0 Å². The fourth-order valence-electron chi connectivity index (χ4n) is 2.06. The highest BCUT2D eigenvalue weighted by molar-refractivity contribution is 5.92. The normalized spacial score (nSPS) is 10.5. The quantitative estimate of drug-likeness (QED) is 0.854. The molecule has 1 N–H and O–H groups in total. The Morgan fingerprint density at radius 3 is 2.50 bits per heavy atom. The first kappa shape index (κ1) is 16.0. The van der Waals surface area contributed by atoms with Gasteiger partial charge in [-0.3, -0.25) is 9.69 Å². The van der Waals surface area contributed by atoms with Gasteiger partial charge >= 0.3 is 0 Å². The van der Waals surface area contributed by atoms with E-state index in [1.165, 1.54) is 0 Å². The second-order valence-corrected chi connectivity index (χ2v) is 5.26. The molecule has 2 aromatic rings. The number of aryl methyl sites for hydroxylation is 1. The Bertz CT molecular complexity index is 599. The van der Waals surface area contributed by atoms with Gasteiger partial charge in [0.25, 0.3) is 0 Å². The number of hydrogen-bond donors (Lipinski definition) is 1. The van der Waals surface area contributed by atoms with Crippen molar-refractivity contribution in [2.45, 2.75) is 6.92 Å². The molecule has 0 bridgehead atoms. The number of benzene rings is 2. The summed E-state index contributed by atoms with van der Waals surface area (Å²) in [4.78, 5) is 14.0. The topological polar surface area (TPSA) is 41.6 Å². The van der Waals surface area contributed by atoms with Crippen molar-refractivity contribution in [2.24, 2.45) is 0 Å². The van der Waals surface area contributed by atoms with Gasteiger partial charge in [0, 0.05) is 12.2 Å².